The van der Waals surface area contributed by atoms with Gasteiger partial charge in [-0.25, -0.2) is 0 Å². The maximum absolute atomic E-state index is 12.4. The lowest BCUT2D eigenvalue weighted by Gasteiger charge is -2.27. The maximum atomic E-state index is 12.4. The van der Waals surface area contributed by atoms with Crippen molar-refractivity contribution >= 4 is 17.7 Å². The Morgan fingerprint density at radius 1 is 1.16 bits per heavy atom. The van der Waals surface area contributed by atoms with Gasteiger partial charge in [-0.3, -0.25) is 4.79 Å². The standard InChI is InChI=1S/C16H19NOS/c18-16(12-8-10-7-11(10)9-12)17-14-5-6-19-15-4-2-1-3-13(14)15/h1-4,10-12,14H,5-9H2,(H,17,18). The highest BCUT2D eigenvalue weighted by atomic mass is 32.2. The van der Waals surface area contributed by atoms with E-state index in [0.717, 1.165) is 36.9 Å². The Hall–Kier alpha value is -0.960. The molecule has 4 rings (SSSR count). The number of carbonyl (C=O) groups excluding carboxylic acids is 1. The second-order valence-corrected chi connectivity index (χ2v) is 7.30. The number of carbonyl (C=O) groups is 1. The summed E-state index contributed by atoms with van der Waals surface area (Å²) >= 11 is 1.91. The molecule has 3 atom stereocenters. The summed E-state index contributed by atoms with van der Waals surface area (Å²) in [6.45, 7) is 0. The second-order valence-electron chi connectivity index (χ2n) is 6.16. The van der Waals surface area contributed by atoms with Crippen LogP contribution in [0.15, 0.2) is 29.2 Å². The summed E-state index contributed by atoms with van der Waals surface area (Å²) in [6.07, 6.45) is 4.72. The van der Waals surface area contributed by atoms with Crippen LogP contribution in [0.5, 0.6) is 0 Å². The molecule has 2 nitrogen and oxygen atoms in total. The highest BCUT2D eigenvalue weighted by Crippen LogP contribution is 2.54. The van der Waals surface area contributed by atoms with Gasteiger partial charge in [-0.15, -0.1) is 11.8 Å². The van der Waals surface area contributed by atoms with Crippen LogP contribution in [0.4, 0.5) is 0 Å². The van der Waals surface area contributed by atoms with Crippen molar-refractivity contribution < 1.29 is 4.79 Å². The van der Waals surface area contributed by atoms with Crippen molar-refractivity contribution in [1.82, 2.24) is 5.32 Å². The van der Waals surface area contributed by atoms with Gasteiger partial charge in [-0.2, -0.15) is 0 Å². The minimum Gasteiger partial charge on any atom is -0.349 e. The van der Waals surface area contributed by atoms with E-state index in [1.807, 2.05) is 11.8 Å². The molecule has 0 radical (unpaired) electrons. The van der Waals surface area contributed by atoms with E-state index >= 15 is 0 Å². The molecule has 1 amide bonds. The van der Waals surface area contributed by atoms with E-state index < -0.39 is 0 Å². The van der Waals surface area contributed by atoms with Gasteiger partial charge in [-0.1, -0.05) is 18.2 Å². The van der Waals surface area contributed by atoms with E-state index in [0.29, 0.717) is 11.8 Å². The Kier molecular flexibility index (Phi) is 2.83. The molecular weight excluding hydrogens is 254 g/mol. The molecule has 19 heavy (non-hydrogen) atoms. The van der Waals surface area contributed by atoms with Crippen LogP contribution < -0.4 is 5.32 Å². The van der Waals surface area contributed by atoms with Gasteiger partial charge in [0.25, 0.3) is 0 Å². The molecule has 1 heterocycles. The summed E-state index contributed by atoms with van der Waals surface area (Å²) in [5.41, 5.74) is 1.32. The Morgan fingerprint density at radius 3 is 2.79 bits per heavy atom. The van der Waals surface area contributed by atoms with Crippen molar-refractivity contribution in [2.45, 2.75) is 36.6 Å². The monoisotopic (exact) mass is 273 g/mol. The van der Waals surface area contributed by atoms with Crippen molar-refractivity contribution in [3.63, 3.8) is 0 Å². The Morgan fingerprint density at radius 2 is 1.95 bits per heavy atom. The van der Waals surface area contributed by atoms with E-state index in [-0.39, 0.29) is 6.04 Å². The topological polar surface area (TPSA) is 29.1 Å². The lowest BCUT2D eigenvalue weighted by Crippen LogP contribution is -2.35. The van der Waals surface area contributed by atoms with Gasteiger partial charge < -0.3 is 5.32 Å². The zero-order valence-corrected chi connectivity index (χ0v) is 11.8. The van der Waals surface area contributed by atoms with Gasteiger partial charge >= 0.3 is 0 Å². The van der Waals surface area contributed by atoms with E-state index in [4.69, 9.17) is 0 Å². The number of fused-ring (bicyclic) bond motifs is 2. The molecule has 0 saturated heterocycles. The summed E-state index contributed by atoms with van der Waals surface area (Å²) in [7, 11) is 0. The fraction of sp³-hybridized carbons (Fsp3) is 0.562. The van der Waals surface area contributed by atoms with Gasteiger partial charge in [0.2, 0.25) is 5.91 Å². The molecule has 0 bridgehead atoms. The number of rotatable bonds is 2. The molecule has 3 aliphatic rings. The van der Waals surface area contributed by atoms with Crippen molar-refractivity contribution in [3.8, 4) is 0 Å². The van der Waals surface area contributed by atoms with Crippen LogP contribution in [-0.4, -0.2) is 11.7 Å². The molecule has 0 aromatic heterocycles. The largest absolute Gasteiger partial charge is 0.349 e. The molecule has 1 N–H and O–H groups in total. The first-order chi connectivity index (χ1) is 9.31. The maximum Gasteiger partial charge on any atom is 0.223 e. The lowest BCUT2D eigenvalue weighted by atomic mass is 9.99. The van der Waals surface area contributed by atoms with Crippen molar-refractivity contribution in [2.75, 3.05) is 5.75 Å². The Balaban J connectivity index is 1.47. The van der Waals surface area contributed by atoms with Crippen LogP contribution >= 0.6 is 11.8 Å². The number of thioether (sulfide) groups is 1. The predicted molar refractivity (Wildman–Crippen MR) is 77.0 cm³/mol. The smallest absolute Gasteiger partial charge is 0.223 e. The zero-order chi connectivity index (χ0) is 12.8. The summed E-state index contributed by atoms with van der Waals surface area (Å²) < 4.78 is 0. The summed E-state index contributed by atoms with van der Waals surface area (Å²) in [6, 6.07) is 8.73. The summed E-state index contributed by atoms with van der Waals surface area (Å²) in [5, 5.41) is 3.31. The Labute approximate surface area is 118 Å². The third-order valence-corrected chi connectivity index (χ3v) is 6.01. The molecule has 1 aromatic rings. The molecule has 2 fully saturated rings. The molecule has 1 aliphatic heterocycles. The van der Waals surface area contributed by atoms with Crippen molar-refractivity contribution in [2.24, 2.45) is 17.8 Å². The normalized spacial score (nSPS) is 35.4. The minimum absolute atomic E-state index is 0.238. The molecular formula is C16H19NOS. The highest BCUT2D eigenvalue weighted by molar-refractivity contribution is 7.99. The van der Waals surface area contributed by atoms with Gasteiger partial charge in [0.05, 0.1) is 6.04 Å². The zero-order valence-electron chi connectivity index (χ0n) is 11.0. The van der Waals surface area contributed by atoms with Crippen LogP contribution in [0.2, 0.25) is 0 Å². The molecule has 0 spiro atoms. The first kappa shape index (κ1) is 11.8. The van der Waals surface area contributed by atoms with Gasteiger partial charge in [0.1, 0.15) is 0 Å². The highest BCUT2D eigenvalue weighted by Gasteiger charge is 2.48. The second kappa shape index (κ2) is 4.55. The van der Waals surface area contributed by atoms with E-state index in [1.165, 1.54) is 16.9 Å². The molecule has 3 heteroatoms. The van der Waals surface area contributed by atoms with Crippen LogP contribution in [0.3, 0.4) is 0 Å². The van der Waals surface area contributed by atoms with Crippen LogP contribution in [0, 0.1) is 17.8 Å². The summed E-state index contributed by atoms with van der Waals surface area (Å²) in [5.74, 6) is 3.47. The Bertz CT molecular complexity index is 505. The van der Waals surface area contributed by atoms with Crippen molar-refractivity contribution in [3.05, 3.63) is 29.8 Å². The lowest BCUT2D eigenvalue weighted by molar-refractivity contribution is -0.125. The summed E-state index contributed by atoms with van der Waals surface area (Å²) in [4.78, 5) is 13.7. The molecule has 2 saturated carbocycles. The third-order valence-electron chi connectivity index (χ3n) is 4.89. The van der Waals surface area contributed by atoms with Gasteiger partial charge in [0, 0.05) is 16.6 Å². The van der Waals surface area contributed by atoms with Crippen LogP contribution in [0.25, 0.3) is 0 Å². The van der Waals surface area contributed by atoms with E-state index in [9.17, 15) is 4.79 Å². The number of amides is 1. The number of nitrogens with one attached hydrogen (secondary N) is 1. The number of hydrogen-bond donors (Lipinski definition) is 1. The van der Waals surface area contributed by atoms with Gasteiger partial charge in [-0.05, 0) is 49.1 Å². The fourth-order valence-electron chi connectivity index (χ4n) is 3.71. The van der Waals surface area contributed by atoms with Crippen molar-refractivity contribution in [1.29, 1.82) is 0 Å². The number of hydrogen-bond acceptors (Lipinski definition) is 2. The molecule has 100 valence electrons. The van der Waals surface area contributed by atoms with E-state index in [1.54, 1.807) is 0 Å². The number of benzene rings is 1. The van der Waals surface area contributed by atoms with Crippen LogP contribution in [-0.2, 0) is 4.79 Å². The molecule has 2 aliphatic carbocycles. The first-order valence-electron chi connectivity index (χ1n) is 7.33. The molecule has 1 aromatic carbocycles. The fourth-order valence-corrected chi connectivity index (χ4v) is 4.84. The quantitative estimate of drug-likeness (QED) is 0.895. The first-order valence-corrected chi connectivity index (χ1v) is 8.32. The van der Waals surface area contributed by atoms with Crippen LogP contribution in [0.1, 0.15) is 37.3 Å². The minimum atomic E-state index is 0.238. The third kappa shape index (κ3) is 2.18. The predicted octanol–water partition coefficient (Wildman–Crippen LogP) is 3.39. The average Bonchev–Trinajstić information content (AvgIpc) is 3.05. The van der Waals surface area contributed by atoms with Gasteiger partial charge in [0.15, 0.2) is 0 Å². The average molecular weight is 273 g/mol. The SMILES string of the molecule is O=C(NC1CCSc2ccccc21)C1CC2CC2C1. The van der Waals surface area contributed by atoms with E-state index in [2.05, 4.69) is 29.6 Å². The molecule has 3 unspecified atom stereocenters.